The molecule has 0 amide bonds. The summed E-state index contributed by atoms with van der Waals surface area (Å²) in [6, 6.07) is 0. The van der Waals surface area contributed by atoms with Crippen molar-refractivity contribution < 1.29 is 79.0 Å². The molecule has 0 radical (unpaired) electrons. The molecule has 16 nitrogen and oxygen atoms in total. The molecule has 0 fully saturated rings. The highest BCUT2D eigenvalue weighted by Gasteiger charge is 2.32. The van der Waals surface area contributed by atoms with Crippen LogP contribution in [0.5, 0.6) is 0 Å². The van der Waals surface area contributed by atoms with Crippen molar-refractivity contribution in [3.8, 4) is 0 Å². The second kappa shape index (κ2) is 30.7. The summed E-state index contributed by atoms with van der Waals surface area (Å²) in [4.78, 5) is 50.2. The summed E-state index contributed by atoms with van der Waals surface area (Å²) < 4.78 is 21.5. The zero-order valence-electron chi connectivity index (χ0n) is 32.8. The van der Waals surface area contributed by atoms with Crippen molar-refractivity contribution in [3.63, 3.8) is 0 Å². The van der Waals surface area contributed by atoms with Gasteiger partial charge in [-0.3, -0.25) is 19.2 Å². The van der Waals surface area contributed by atoms with E-state index < -0.39 is 111 Å². The molecule has 0 heterocycles. The molecule has 0 aliphatic heterocycles. The van der Waals surface area contributed by atoms with Crippen molar-refractivity contribution in [2.45, 2.75) is 204 Å². The topological polar surface area (TPSA) is 267 Å². The van der Waals surface area contributed by atoms with Gasteiger partial charge < -0.3 is 59.8 Å². The molecule has 0 spiro atoms. The second-order valence-electron chi connectivity index (χ2n) is 14.2. The fourth-order valence-electron chi connectivity index (χ4n) is 5.86. The van der Waals surface area contributed by atoms with E-state index in [2.05, 4.69) is 0 Å². The Labute approximate surface area is 320 Å². The summed E-state index contributed by atoms with van der Waals surface area (Å²) in [5, 5.41) is 79.5. The average molecular weight is 783 g/mol. The van der Waals surface area contributed by atoms with Crippen LogP contribution in [0, 0.1) is 0 Å². The number of hydrogen-bond acceptors (Lipinski definition) is 16. The first-order chi connectivity index (χ1) is 25.6. The zero-order valence-corrected chi connectivity index (χ0v) is 32.8. The Balaban J connectivity index is 5.41. The van der Waals surface area contributed by atoms with E-state index in [0.29, 0.717) is 32.1 Å². The number of esters is 4. The maximum absolute atomic E-state index is 13.0. The number of unbranched alkanes of at least 4 members (excludes halogenated alkanes) is 6. The molecule has 0 rings (SSSR count). The Hall–Kier alpha value is -2.44. The van der Waals surface area contributed by atoms with E-state index in [1.165, 1.54) is 0 Å². The van der Waals surface area contributed by atoms with Crippen LogP contribution in [0.4, 0.5) is 0 Å². The molecule has 0 bridgehead atoms. The molecule has 0 aliphatic carbocycles. The third-order valence-electron chi connectivity index (χ3n) is 8.87. The maximum atomic E-state index is 13.0. The van der Waals surface area contributed by atoms with E-state index in [1.807, 2.05) is 20.8 Å². The van der Waals surface area contributed by atoms with Crippen LogP contribution in [0.25, 0.3) is 0 Å². The van der Waals surface area contributed by atoms with Crippen molar-refractivity contribution >= 4 is 23.9 Å². The SMILES string of the molecule is CCCCC[C@@H](O)C[C@@H](O)CC(=O)O[C@H](CCCCC)C[C@@H](O)CC(=O)O[C@H](CCCCC)C[C@H](CC(=O)OC[C@@H](O)[C@@H](O)[C@H](O)[C@H](O)CO)OC(C)=O. The van der Waals surface area contributed by atoms with Gasteiger partial charge in [-0.2, -0.15) is 0 Å². The van der Waals surface area contributed by atoms with Gasteiger partial charge in [-0.15, -0.1) is 0 Å². The lowest BCUT2D eigenvalue weighted by Gasteiger charge is -2.26. The van der Waals surface area contributed by atoms with Gasteiger partial charge in [0, 0.05) is 19.8 Å². The minimum absolute atomic E-state index is 0.0445. The van der Waals surface area contributed by atoms with Gasteiger partial charge in [0.1, 0.15) is 49.3 Å². The number of rotatable bonds is 33. The van der Waals surface area contributed by atoms with E-state index in [-0.39, 0.29) is 25.7 Å². The van der Waals surface area contributed by atoms with Gasteiger partial charge in [0.05, 0.1) is 44.2 Å². The molecule has 0 aromatic rings. The Bertz CT molecular complexity index is 1010. The van der Waals surface area contributed by atoms with Crippen molar-refractivity contribution in [1.82, 2.24) is 0 Å². The van der Waals surface area contributed by atoms with Gasteiger partial charge in [-0.1, -0.05) is 65.7 Å². The van der Waals surface area contributed by atoms with Crippen LogP contribution >= 0.6 is 0 Å². The molecular formula is C38H70O16. The smallest absolute Gasteiger partial charge is 0.309 e. The number of hydrogen-bond donors (Lipinski definition) is 8. The lowest BCUT2D eigenvalue weighted by molar-refractivity contribution is -0.163. The number of carbonyl (C=O) groups excluding carboxylic acids is 4. The zero-order chi connectivity index (χ0) is 41.1. The van der Waals surface area contributed by atoms with E-state index in [1.54, 1.807) is 0 Å². The van der Waals surface area contributed by atoms with Crippen LogP contribution in [0.1, 0.15) is 143 Å². The minimum Gasteiger partial charge on any atom is -0.463 e. The van der Waals surface area contributed by atoms with Crippen LogP contribution < -0.4 is 0 Å². The summed E-state index contributed by atoms with van der Waals surface area (Å²) in [7, 11) is 0. The fraction of sp³-hybridized carbons (Fsp3) is 0.895. The van der Waals surface area contributed by atoms with E-state index in [4.69, 9.17) is 24.1 Å². The molecule has 0 unspecified atom stereocenters. The normalized spacial score (nSPS) is 17.2. The van der Waals surface area contributed by atoms with Gasteiger partial charge in [-0.05, 0) is 38.5 Å². The second-order valence-corrected chi connectivity index (χ2v) is 14.2. The third kappa shape index (κ3) is 25.6. The average Bonchev–Trinajstić information content (AvgIpc) is 3.09. The van der Waals surface area contributed by atoms with E-state index in [9.17, 15) is 54.9 Å². The lowest BCUT2D eigenvalue weighted by atomic mass is 10.0. The molecular weight excluding hydrogens is 712 g/mol. The Morgan fingerprint density at radius 2 is 0.963 bits per heavy atom. The van der Waals surface area contributed by atoms with Gasteiger partial charge in [-0.25, -0.2) is 0 Å². The van der Waals surface area contributed by atoms with Crippen LogP contribution in [0.2, 0.25) is 0 Å². The number of aliphatic hydroxyl groups is 8. The Kier molecular flexibility index (Phi) is 29.4. The summed E-state index contributed by atoms with van der Waals surface area (Å²) in [5.41, 5.74) is 0. The highest BCUT2D eigenvalue weighted by molar-refractivity contribution is 5.72. The number of carbonyl (C=O) groups is 4. The van der Waals surface area contributed by atoms with Gasteiger partial charge in [0.2, 0.25) is 0 Å². The quantitative estimate of drug-likeness (QED) is 0.0268. The molecule has 54 heavy (non-hydrogen) atoms. The highest BCUT2D eigenvalue weighted by Crippen LogP contribution is 2.21. The molecule has 0 saturated carbocycles. The Morgan fingerprint density at radius 3 is 1.44 bits per heavy atom. The predicted octanol–water partition coefficient (Wildman–Crippen LogP) is 1.89. The fourth-order valence-corrected chi connectivity index (χ4v) is 5.86. The first-order valence-electron chi connectivity index (χ1n) is 19.6. The molecule has 318 valence electrons. The lowest BCUT2D eigenvalue weighted by Crippen LogP contribution is -2.47. The van der Waals surface area contributed by atoms with Crippen LogP contribution in [-0.2, 0) is 38.1 Å². The van der Waals surface area contributed by atoms with Gasteiger partial charge in [0.15, 0.2) is 0 Å². The van der Waals surface area contributed by atoms with E-state index in [0.717, 1.165) is 51.9 Å². The minimum atomic E-state index is -1.95. The molecule has 0 aromatic carbocycles. The monoisotopic (exact) mass is 782 g/mol. The van der Waals surface area contributed by atoms with Crippen molar-refractivity contribution in [3.05, 3.63) is 0 Å². The molecule has 0 saturated heterocycles. The van der Waals surface area contributed by atoms with Crippen molar-refractivity contribution in [2.75, 3.05) is 13.2 Å². The highest BCUT2D eigenvalue weighted by atomic mass is 16.6. The largest absolute Gasteiger partial charge is 0.463 e. The predicted molar refractivity (Wildman–Crippen MR) is 196 cm³/mol. The molecule has 10 atom stereocenters. The molecule has 0 aliphatic rings. The molecule has 16 heteroatoms. The van der Waals surface area contributed by atoms with E-state index >= 15 is 0 Å². The van der Waals surface area contributed by atoms with Crippen LogP contribution in [0.3, 0.4) is 0 Å². The first-order valence-corrected chi connectivity index (χ1v) is 19.6. The molecule has 8 N–H and O–H groups in total. The van der Waals surface area contributed by atoms with Crippen molar-refractivity contribution in [2.24, 2.45) is 0 Å². The summed E-state index contributed by atoms with van der Waals surface area (Å²) in [6.07, 6.45) is -5.65. The van der Waals surface area contributed by atoms with Crippen molar-refractivity contribution in [1.29, 1.82) is 0 Å². The van der Waals surface area contributed by atoms with Crippen LogP contribution in [-0.4, -0.2) is 139 Å². The maximum Gasteiger partial charge on any atom is 0.309 e. The summed E-state index contributed by atoms with van der Waals surface area (Å²) >= 11 is 0. The number of ether oxygens (including phenoxy) is 4. The Morgan fingerprint density at radius 1 is 0.500 bits per heavy atom. The van der Waals surface area contributed by atoms with Gasteiger partial charge in [0.25, 0.3) is 0 Å². The summed E-state index contributed by atoms with van der Waals surface area (Å²) in [6.45, 7) is 5.49. The standard InChI is InChI=1S/C38H70O16/c1-5-8-11-14-26(41)17-27(42)19-35(47)53-29(15-12-9-6-2)18-28(43)20-36(48)54-30(16-13-10-7-3)21-31(52-25(4)40)22-34(46)51-24-33(45)38(50)37(49)32(44)23-39/h26-33,37-39,41-45,49-50H,5-24H2,1-4H3/t26-,27-,28-,29-,30-,31-,32-,33-,37-,38-/m1/s1. The summed E-state index contributed by atoms with van der Waals surface area (Å²) in [5.74, 6) is -3.11. The number of aliphatic hydroxyl groups excluding tert-OH is 8. The van der Waals surface area contributed by atoms with Gasteiger partial charge >= 0.3 is 23.9 Å². The van der Waals surface area contributed by atoms with Crippen LogP contribution in [0.15, 0.2) is 0 Å². The third-order valence-corrected chi connectivity index (χ3v) is 8.87. The first kappa shape index (κ1) is 51.6. The molecule has 0 aromatic heterocycles.